The number of hydrogen-bond acceptors (Lipinski definition) is 2. The Balaban J connectivity index is 1.41. The van der Waals surface area contributed by atoms with Crippen molar-refractivity contribution in [1.82, 2.24) is 10.6 Å². The van der Waals surface area contributed by atoms with Crippen molar-refractivity contribution in [2.45, 2.75) is 83.2 Å². The third-order valence-corrected chi connectivity index (χ3v) is 5.82. The minimum atomic E-state index is 0.295. The van der Waals surface area contributed by atoms with Gasteiger partial charge in [0, 0.05) is 25.0 Å². The summed E-state index contributed by atoms with van der Waals surface area (Å²) in [5.74, 6) is 0.913. The van der Waals surface area contributed by atoms with Crippen molar-refractivity contribution in [1.29, 1.82) is 0 Å². The highest BCUT2D eigenvalue weighted by Gasteiger charge is 2.34. The van der Waals surface area contributed by atoms with Crippen LogP contribution in [0.15, 0.2) is 0 Å². The average Bonchev–Trinajstić information content (AvgIpc) is 2.77. The number of amides is 1. The van der Waals surface area contributed by atoms with E-state index in [0.717, 1.165) is 13.0 Å². The van der Waals surface area contributed by atoms with Gasteiger partial charge in [-0.25, -0.2) is 0 Å². The van der Waals surface area contributed by atoms with Gasteiger partial charge >= 0.3 is 0 Å². The molecule has 0 aromatic carbocycles. The Morgan fingerprint density at radius 2 is 1.80 bits per heavy atom. The Kier molecular flexibility index (Phi) is 4.34. The van der Waals surface area contributed by atoms with Crippen molar-refractivity contribution in [3.8, 4) is 0 Å². The molecule has 2 atom stereocenters. The number of fused-ring (bicyclic) bond motifs is 2. The molecule has 20 heavy (non-hydrogen) atoms. The maximum absolute atomic E-state index is 12.2. The van der Waals surface area contributed by atoms with E-state index in [0.29, 0.717) is 29.3 Å². The zero-order chi connectivity index (χ0) is 14.0. The molecule has 3 heteroatoms. The van der Waals surface area contributed by atoms with Crippen molar-refractivity contribution in [3.05, 3.63) is 0 Å². The first-order valence-electron chi connectivity index (χ1n) is 8.66. The number of piperidine rings is 1. The lowest BCUT2D eigenvalue weighted by Gasteiger charge is -2.34. The highest BCUT2D eigenvalue weighted by Crippen LogP contribution is 2.35. The number of nitrogens with one attached hydrogen (secondary N) is 2. The third kappa shape index (κ3) is 3.55. The molecule has 2 aliphatic heterocycles. The van der Waals surface area contributed by atoms with E-state index in [9.17, 15) is 4.79 Å². The molecule has 0 aromatic rings. The Morgan fingerprint density at radius 3 is 2.45 bits per heavy atom. The van der Waals surface area contributed by atoms with Crippen molar-refractivity contribution in [2.75, 3.05) is 6.54 Å². The highest BCUT2D eigenvalue weighted by molar-refractivity contribution is 5.76. The standard InChI is InChI=1S/C17H30N2O/c1-17(7-3-2-4-8-17)12-18-16(20)11-13-9-14-5-6-15(10-13)19-14/h13-15,19H,2-12H2,1H3,(H,18,20). The maximum atomic E-state index is 12.2. The smallest absolute Gasteiger partial charge is 0.220 e. The Bertz CT molecular complexity index is 337. The molecule has 3 aliphatic rings. The number of hydrogen-bond donors (Lipinski definition) is 2. The van der Waals surface area contributed by atoms with E-state index in [2.05, 4.69) is 17.6 Å². The fourth-order valence-corrected chi connectivity index (χ4v) is 4.57. The second kappa shape index (κ2) is 6.05. The van der Waals surface area contributed by atoms with Gasteiger partial charge < -0.3 is 10.6 Å². The van der Waals surface area contributed by atoms with Gasteiger partial charge in [0.1, 0.15) is 0 Å². The average molecular weight is 278 g/mol. The van der Waals surface area contributed by atoms with Gasteiger partial charge in [0.2, 0.25) is 5.91 Å². The summed E-state index contributed by atoms with van der Waals surface area (Å²) in [5.41, 5.74) is 0.362. The minimum Gasteiger partial charge on any atom is -0.356 e. The minimum absolute atomic E-state index is 0.295. The molecule has 1 aliphatic carbocycles. The first-order chi connectivity index (χ1) is 9.63. The van der Waals surface area contributed by atoms with Crippen LogP contribution >= 0.6 is 0 Å². The first kappa shape index (κ1) is 14.4. The van der Waals surface area contributed by atoms with Crippen LogP contribution < -0.4 is 10.6 Å². The van der Waals surface area contributed by atoms with Gasteiger partial charge in [-0.2, -0.15) is 0 Å². The van der Waals surface area contributed by atoms with Crippen LogP contribution in [0.5, 0.6) is 0 Å². The van der Waals surface area contributed by atoms with E-state index in [1.165, 1.54) is 57.8 Å². The van der Waals surface area contributed by atoms with Crippen LogP contribution in [0.3, 0.4) is 0 Å². The molecule has 2 saturated heterocycles. The first-order valence-corrected chi connectivity index (χ1v) is 8.66. The van der Waals surface area contributed by atoms with Gasteiger partial charge in [0.05, 0.1) is 0 Å². The summed E-state index contributed by atoms with van der Waals surface area (Å²) in [6, 6.07) is 1.39. The topological polar surface area (TPSA) is 41.1 Å². The lowest BCUT2D eigenvalue weighted by molar-refractivity contribution is -0.122. The van der Waals surface area contributed by atoms with Gasteiger partial charge in [0.25, 0.3) is 0 Å². The fourth-order valence-electron chi connectivity index (χ4n) is 4.57. The van der Waals surface area contributed by atoms with Crippen molar-refractivity contribution >= 4 is 5.91 Å². The van der Waals surface area contributed by atoms with E-state index in [1.54, 1.807) is 0 Å². The van der Waals surface area contributed by atoms with Gasteiger partial charge in [-0.3, -0.25) is 4.79 Å². The maximum Gasteiger partial charge on any atom is 0.220 e. The predicted molar refractivity (Wildman–Crippen MR) is 81.5 cm³/mol. The molecule has 0 spiro atoms. The molecule has 2 N–H and O–H groups in total. The summed E-state index contributed by atoms with van der Waals surface area (Å²) in [6.45, 7) is 3.24. The molecule has 1 amide bonds. The van der Waals surface area contributed by atoms with Crippen LogP contribution in [0.25, 0.3) is 0 Å². The molecule has 3 rings (SSSR count). The quantitative estimate of drug-likeness (QED) is 0.830. The Morgan fingerprint density at radius 1 is 1.15 bits per heavy atom. The molecule has 1 saturated carbocycles. The van der Waals surface area contributed by atoms with Crippen molar-refractivity contribution < 1.29 is 4.79 Å². The molecular weight excluding hydrogens is 248 g/mol. The molecule has 3 fully saturated rings. The highest BCUT2D eigenvalue weighted by atomic mass is 16.1. The number of carbonyl (C=O) groups excluding carboxylic acids is 1. The zero-order valence-electron chi connectivity index (χ0n) is 12.9. The molecule has 2 heterocycles. The Hall–Kier alpha value is -0.570. The molecule has 3 nitrogen and oxygen atoms in total. The second-order valence-corrected chi connectivity index (χ2v) is 7.83. The second-order valence-electron chi connectivity index (χ2n) is 7.83. The van der Waals surface area contributed by atoms with Gasteiger partial charge in [-0.05, 0) is 49.9 Å². The molecule has 0 aromatic heterocycles. The molecule has 2 bridgehead atoms. The lowest BCUT2D eigenvalue weighted by atomic mass is 9.75. The molecule has 2 unspecified atom stereocenters. The largest absolute Gasteiger partial charge is 0.356 e. The van der Waals surface area contributed by atoms with Crippen LogP contribution in [0.4, 0.5) is 0 Å². The normalized spacial score (nSPS) is 35.8. The van der Waals surface area contributed by atoms with E-state index in [1.807, 2.05) is 0 Å². The third-order valence-electron chi connectivity index (χ3n) is 5.82. The monoisotopic (exact) mass is 278 g/mol. The number of rotatable bonds is 4. The summed E-state index contributed by atoms with van der Waals surface area (Å²) in [6.07, 6.45) is 12.4. The lowest BCUT2D eigenvalue weighted by Crippen LogP contribution is -2.41. The van der Waals surface area contributed by atoms with E-state index < -0.39 is 0 Å². The fraction of sp³-hybridized carbons (Fsp3) is 0.941. The summed E-state index contributed by atoms with van der Waals surface area (Å²) in [4.78, 5) is 12.2. The van der Waals surface area contributed by atoms with Crippen LogP contribution in [-0.4, -0.2) is 24.5 Å². The van der Waals surface area contributed by atoms with Gasteiger partial charge in [-0.1, -0.05) is 26.2 Å². The van der Waals surface area contributed by atoms with Crippen LogP contribution in [0.2, 0.25) is 0 Å². The van der Waals surface area contributed by atoms with Crippen molar-refractivity contribution in [3.63, 3.8) is 0 Å². The van der Waals surface area contributed by atoms with Crippen LogP contribution in [0.1, 0.15) is 71.1 Å². The zero-order valence-corrected chi connectivity index (χ0v) is 12.9. The molecule has 0 radical (unpaired) electrons. The van der Waals surface area contributed by atoms with Crippen molar-refractivity contribution in [2.24, 2.45) is 11.3 Å². The predicted octanol–water partition coefficient (Wildman–Crippen LogP) is 2.99. The van der Waals surface area contributed by atoms with Crippen LogP contribution in [-0.2, 0) is 4.79 Å². The summed E-state index contributed by atoms with van der Waals surface area (Å²) >= 11 is 0. The van der Waals surface area contributed by atoms with E-state index >= 15 is 0 Å². The van der Waals surface area contributed by atoms with Gasteiger partial charge in [-0.15, -0.1) is 0 Å². The van der Waals surface area contributed by atoms with Gasteiger partial charge in [0.15, 0.2) is 0 Å². The van der Waals surface area contributed by atoms with E-state index in [4.69, 9.17) is 0 Å². The Labute approximate surface area is 123 Å². The summed E-state index contributed by atoms with van der Waals surface area (Å²) in [7, 11) is 0. The molecule has 114 valence electrons. The molecular formula is C17H30N2O. The summed E-state index contributed by atoms with van der Waals surface area (Å²) < 4.78 is 0. The number of carbonyl (C=O) groups is 1. The summed E-state index contributed by atoms with van der Waals surface area (Å²) in [5, 5.41) is 6.88. The van der Waals surface area contributed by atoms with Crippen LogP contribution in [0, 0.1) is 11.3 Å². The SMILES string of the molecule is CC1(CNC(=O)CC2CC3CCC(C2)N3)CCCCC1. The van der Waals surface area contributed by atoms with E-state index in [-0.39, 0.29) is 0 Å².